The molecule has 0 bridgehead atoms. The number of anilines is 1. The van der Waals surface area contributed by atoms with Crippen LogP contribution in [0, 0.1) is 6.92 Å². The number of thiazole rings is 1. The van der Waals surface area contributed by atoms with Crippen molar-refractivity contribution in [2.24, 2.45) is 0 Å². The van der Waals surface area contributed by atoms with Gasteiger partial charge in [-0.25, -0.2) is 14.7 Å². The molecule has 1 aliphatic rings. The number of imide groups is 2. The molecule has 0 aliphatic carbocycles. The summed E-state index contributed by atoms with van der Waals surface area (Å²) in [5, 5.41) is 5.03. The molecule has 1 aromatic carbocycles. The minimum atomic E-state index is -0.853. The fraction of sp³-hybridized carbons (Fsp3) is 0.278. The lowest BCUT2D eigenvalue weighted by atomic mass is 10.2. The van der Waals surface area contributed by atoms with Crippen LogP contribution < -0.4 is 5.32 Å². The summed E-state index contributed by atoms with van der Waals surface area (Å²) in [5.74, 6) is -1.88. The second-order valence-corrected chi connectivity index (χ2v) is 6.99. The van der Waals surface area contributed by atoms with Gasteiger partial charge in [0.05, 0.1) is 18.7 Å². The van der Waals surface area contributed by atoms with E-state index in [1.807, 2.05) is 31.2 Å². The zero-order valence-corrected chi connectivity index (χ0v) is 15.7. The van der Waals surface area contributed by atoms with Crippen molar-refractivity contribution in [3.63, 3.8) is 0 Å². The maximum absolute atomic E-state index is 12.1. The predicted molar refractivity (Wildman–Crippen MR) is 99.0 cm³/mol. The third-order valence-electron chi connectivity index (χ3n) is 4.02. The quantitative estimate of drug-likeness (QED) is 0.604. The molecule has 1 saturated heterocycles. The number of hydrogen-bond donors (Lipinski definition) is 1. The molecule has 27 heavy (non-hydrogen) atoms. The standard InChI is InChI=1S/C18H18N4O4S/c1-3-21-16(24)17(25)22(18(21)26)9-13-10-27-15(20-13)8-14(23)19-12-6-4-11(2)5-7-12/h4-7,10H,3,8-9H2,1-2H3,(H,19,23). The van der Waals surface area contributed by atoms with Crippen molar-refractivity contribution in [3.8, 4) is 0 Å². The molecule has 0 spiro atoms. The number of benzene rings is 1. The van der Waals surface area contributed by atoms with Crippen molar-refractivity contribution in [1.29, 1.82) is 0 Å². The highest BCUT2D eigenvalue weighted by Crippen LogP contribution is 2.18. The summed E-state index contributed by atoms with van der Waals surface area (Å²) in [5.41, 5.74) is 2.27. The minimum Gasteiger partial charge on any atom is -0.326 e. The van der Waals surface area contributed by atoms with E-state index in [4.69, 9.17) is 0 Å². The van der Waals surface area contributed by atoms with E-state index in [1.54, 1.807) is 12.3 Å². The summed E-state index contributed by atoms with van der Waals surface area (Å²) in [7, 11) is 0. The van der Waals surface area contributed by atoms with Crippen LogP contribution in [0.3, 0.4) is 0 Å². The Morgan fingerprint density at radius 1 is 1.11 bits per heavy atom. The van der Waals surface area contributed by atoms with Crippen molar-refractivity contribution in [2.75, 3.05) is 11.9 Å². The first-order valence-corrected chi connectivity index (χ1v) is 9.24. The summed E-state index contributed by atoms with van der Waals surface area (Å²) < 4.78 is 0. The molecule has 3 rings (SSSR count). The summed E-state index contributed by atoms with van der Waals surface area (Å²) in [4.78, 5) is 54.0. The van der Waals surface area contributed by atoms with Gasteiger partial charge in [-0.05, 0) is 26.0 Å². The molecular formula is C18H18N4O4S. The lowest BCUT2D eigenvalue weighted by Gasteiger charge is -2.12. The molecule has 5 amide bonds. The zero-order valence-electron chi connectivity index (χ0n) is 14.9. The molecule has 1 aliphatic heterocycles. The molecular weight excluding hydrogens is 368 g/mol. The Bertz CT molecular complexity index is 906. The number of likely N-dealkylation sites (N-methyl/N-ethyl adjacent to an activating group) is 1. The van der Waals surface area contributed by atoms with E-state index in [2.05, 4.69) is 10.3 Å². The molecule has 1 N–H and O–H groups in total. The predicted octanol–water partition coefficient (Wildman–Crippen LogP) is 1.94. The summed E-state index contributed by atoms with van der Waals surface area (Å²) in [6, 6.07) is 6.81. The number of aryl methyl sites for hydroxylation is 1. The van der Waals surface area contributed by atoms with Gasteiger partial charge < -0.3 is 5.32 Å². The topological polar surface area (TPSA) is 99.7 Å². The largest absolute Gasteiger partial charge is 0.334 e. The normalized spacial score (nSPS) is 14.2. The highest BCUT2D eigenvalue weighted by molar-refractivity contribution is 7.09. The highest BCUT2D eigenvalue weighted by Gasteiger charge is 2.43. The number of carbonyl (C=O) groups is 4. The second kappa shape index (κ2) is 7.67. The first-order chi connectivity index (χ1) is 12.9. The van der Waals surface area contributed by atoms with Crippen LogP contribution in [0.4, 0.5) is 10.5 Å². The van der Waals surface area contributed by atoms with Gasteiger partial charge >= 0.3 is 17.8 Å². The number of hydrogen-bond acceptors (Lipinski definition) is 6. The van der Waals surface area contributed by atoms with Crippen molar-refractivity contribution >= 4 is 40.8 Å². The lowest BCUT2D eigenvalue weighted by Crippen LogP contribution is -2.33. The van der Waals surface area contributed by atoms with E-state index >= 15 is 0 Å². The molecule has 1 fully saturated rings. The molecule has 8 nitrogen and oxygen atoms in total. The van der Waals surface area contributed by atoms with Gasteiger partial charge in [0.15, 0.2) is 0 Å². The Hall–Kier alpha value is -3.07. The van der Waals surface area contributed by atoms with Crippen molar-refractivity contribution < 1.29 is 19.2 Å². The van der Waals surface area contributed by atoms with Gasteiger partial charge in [0.2, 0.25) is 5.91 Å². The summed E-state index contributed by atoms with van der Waals surface area (Å²) >= 11 is 1.26. The Morgan fingerprint density at radius 3 is 2.41 bits per heavy atom. The van der Waals surface area contributed by atoms with Gasteiger partial charge in [-0.1, -0.05) is 17.7 Å². The average molecular weight is 386 g/mol. The van der Waals surface area contributed by atoms with E-state index in [0.717, 1.165) is 15.4 Å². The number of nitrogens with one attached hydrogen (secondary N) is 1. The van der Waals surface area contributed by atoms with Crippen LogP contribution in [0.25, 0.3) is 0 Å². The molecule has 0 atom stereocenters. The van der Waals surface area contributed by atoms with Crippen LogP contribution in [0.15, 0.2) is 29.6 Å². The second-order valence-electron chi connectivity index (χ2n) is 6.05. The van der Waals surface area contributed by atoms with Crippen molar-refractivity contribution in [1.82, 2.24) is 14.8 Å². The first-order valence-electron chi connectivity index (χ1n) is 8.36. The molecule has 9 heteroatoms. The molecule has 140 valence electrons. The van der Waals surface area contributed by atoms with Crippen LogP contribution >= 0.6 is 11.3 Å². The monoisotopic (exact) mass is 386 g/mol. The Morgan fingerprint density at radius 2 is 1.78 bits per heavy atom. The molecule has 0 saturated carbocycles. The molecule has 2 aromatic rings. The van der Waals surface area contributed by atoms with E-state index in [-0.39, 0.29) is 25.4 Å². The smallest absolute Gasteiger partial charge is 0.326 e. The van der Waals surface area contributed by atoms with Gasteiger partial charge in [0.25, 0.3) is 0 Å². The van der Waals surface area contributed by atoms with Crippen LogP contribution in [-0.2, 0) is 27.3 Å². The van der Waals surface area contributed by atoms with Crippen LogP contribution in [-0.4, -0.2) is 45.1 Å². The van der Waals surface area contributed by atoms with Crippen molar-refractivity contribution in [2.45, 2.75) is 26.8 Å². The number of rotatable bonds is 6. The first kappa shape index (κ1) is 18.7. The number of carbonyl (C=O) groups excluding carboxylic acids is 4. The van der Waals surface area contributed by atoms with Gasteiger partial charge in [-0.3, -0.25) is 19.3 Å². The van der Waals surface area contributed by atoms with Gasteiger partial charge in [-0.15, -0.1) is 11.3 Å². The number of amides is 5. The van der Waals surface area contributed by atoms with E-state index < -0.39 is 17.8 Å². The van der Waals surface area contributed by atoms with Crippen molar-refractivity contribution in [3.05, 3.63) is 45.9 Å². The highest BCUT2D eigenvalue weighted by atomic mass is 32.1. The maximum Gasteiger partial charge on any atom is 0.334 e. The third-order valence-corrected chi connectivity index (χ3v) is 4.92. The Kier molecular flexibility index (Phi) is 5.31. The molecule has 0 unspecified atom stereocenters. The maximum atomic E-state index is 12.1. The third kappa shape index (κ3) is 4.03. The average Bonchev–Trinajstić information content (AvgIpc) is 3.15. The fourth-order valence-electron chi connectivity index (χ4n) is 2.61. The fourth-order valence-corrected chi connectivity index (χ4v) is 3.40. The van der Waals surface area contributed by atoms with E-state index in [0.29, 0.717) is 16.4 Å². The lowest BCUT2D eigenvalue weighted by molar-refractivity contribution is -0.143. The molecule has 1 aromatic heterocycles. The van der Waals surface area contributed by atoms with Gasteiger partial charge in [-0.2, -0.15) is 0 Å². The van der Waals surface area contributed by atoms with E-state index in [1.165, 1.54) is 11.3 Å². The Labute approximate surface area is 159 Å². The van der Waals surface area contributed by atoms with Gasteiger partial charge in [0.1, 0.15) is 5.01 Å². The Balaban J connectivity index is 1.61. The number of nitrogens with zero attached hydrogens (tertiary/aromatic N) is 3. The van der Waals surface area contributed by atoms with Crippen LogP contribution in [0.5, 0.6) is 0 Å². The number of aromatic nitrogens is 1. The minimum absolute atomic E-state index is 0.0838. The number of urea groups is 1. The summed E-state index contributed by atoms with van der Waals surface area (Å²) in [6.07, 6.45) is 0.0838. The van der Waals surface area contributed by atoms with Crippen LogP contribution in [0.2, 0.25) is 0 Å². The SMILES string of the molecule is CCN1C(=O)C(=O)N(Cc2csc(CC(=O)Nc3ccc(C)cc3)n2)C1=O. The molecule has 0 radical (unpaired) electrons. The van der Waals surface area contributed by atoms with E-state index in [9.17, 15) is 19.2 Å². The molecule has 2 heterocycles. The van der Waals surface area contributed by atoms with Crippen LogP contribution in [0.1, 0.15) is 23.2 Å². The summed E-state index contributed by atoms with van der Waals surface area (Å²) in [6.45, 7) is 3.64. The zero-order chi connectivity index (χ0) is 19.6. The van der Waals surface area contributed by atoms with Gasteiger partial charge in [0, 0.05) is 17.6 Å².